The number of aromatic hydroxyl groups is 1. The Balaban J connectivity index is 1.81. The fraction of sp³-hybridized carbons (Fsp3) is 0. The number of phenols is 1. The molecule has 0 radical (unpaired) electrons. The second-order valence-corrected chi connectivity index (χ2v) is 7.20. The molecule has 0 fully saturated rings. The quantitative estimate of drug-likeness (QED) is 0.275. The van der Waals surface area contributed by atoms with Crippen LogP contribution in [0.15, 0.2) is 74.6 Å². The third-order valence-corrected chi connectivity index (χ3v) is 4.75. The van der Waals surface area contributed by atoms with Crippen LogP contribution in [0.25, 0.3) is 11.1 Å². The van der Waals surface area contributed by atoms with E-state index in [1.165, 1.54) is 12.1 Å². The Bertz CT molecular complexity index is 985. The maximum absolute atomic E-state index is 10.7. The number of rotatable bonds is 4. The van der Waals surface area contributed by atoms with Gasteiger partial charge in [0.2, 0.25) is 0 Å². The lowest BCUT2D eigenvalue weighted by Crippen LogP contribution is -1.87. The van der Waals surface area contributed by atoms with Crippen molar-refractivity contribution >= 4 is 49.4 Å². The number of aliphatic imine (C=N–C) groups is 1. The molecule has 3 rings (SSSR count). The normalized spacial score (nSPS) is 11.0. The van der Waals surface area contributed by atoms with Gasteiger partial charge in [-0.1, -0.05) is 28.1 Å². The molecule has 0 heterocycles. The van der Waals surface area contributed by atoms with Crippen LogP contribution >= 0.6 is 31.9 Å². The van der Waals surface area contributed by atoms with Crippen molar-refractivity contribution in [3.63, 3.8) is 0 Å². The van der Waals surface area contributed by atoms with Gasteiger partial charge in [0.25, 0.3) is 5.69 Å². The fourth-order valence-corrected chi connectivity index (χ4v) is 3.60. The summed E-state index contributed by atoms with van der Waals surface area (Å²) in [6.07, 6.45) is 1.59. The van der Waals surface area contributed by atoms with Gasteiger partial charge in [-0.25, -0.2) is 0 Å². The minimum atomic E-state index is -0.419. The maximum Gasteiger partial charge on any atom is 0.269 e. The summed E-state index contributed by atoms with van der Waals surface area (Å²) in [6.45, 7) is 0. The van der Waals surface area contributed by atoms with Gasteiger partial charge in [0.05, 0.1) is 15.1 Å². The van der Waals surface area contributed by atoms with Crippen molar-refractivity contribution in [2.24, 2.45) is 4.99 Å². The highest BCUT2D eigenvalue weighted by atomic mass is 79.9. The molecule has 0 aliphatic carbocycles. The van der Waals surface area contributed by atoms with E-state index in [1.807, 2.05) is 24.3 Å². The van der Waals surface area contributed by atoms with E-state index in [4.69, 9.17) is 0 Å². The summed E-state index contributed by atoms with van der Waals surface area (Å²) in [5.41, 5.74) is 3.21. The number of hydrogen-bond donors (Lipinski definition) is 1. The number of nitro benzene ring substituents is 1. The Morgan fingerprint density at radius 1 is 0.962 bits per heavy atom. The number of hydrogen-bond acceptors (Lipinski definition) is 4. The minimum absolute atomic E-state index is 0.0648. The molecule has 0 aliphatic rings. The van der Waals surface area contributed by atoms with Crippen LogP contribution in [0.1, 0.15) is 5.56 Å². The van der Waals surface area contributed by atoms with Gasteiger partial charge in [-0.05, 0) is 63.5 Å². The largest absolute Gasteiger partial charge is 0.506 e. The highest BCUT2D eigenvalue weighted by Gasteiger charge is 2.06. The molecule has 26 heavy (non-hydrogen) atoms. The van der Waals surface area contributed by atoms with Crippen LogP contribution in [0.3, 0.4) is 0 Å². The monoisotopic (exact) mass is 474 g/mol. The zero-order valence-corrected chi connectivity index (χ0v) is 16.4. The molecule has 3 aromatic carbocycles. The van der Waals surface area contributed by atoms with Gasteiger partial charge in [0.1, 0.15) is 5.75 Å². The first-order chi connectivity index (χ1) is 12.4. The Kier molecular flexibility index (Phi) is 5.49. The first-order valence-electron chi connectivity index (χ1n) is 7.51. The molecule has 0 saturated heterocycles. The summed E-state index contributed by atoms with van der Waals surface area (Å²) >= 11 is 6.67. The van der Waals surface area contributed by atoms with Crippen molar-refractivity contribution in [3.8, 4) is 16.9 Å². The van der Waals surface area contributed by atoms with Crippen molar-refractivity contribution in [2.75, 3.05) is 0 Å². The summed E-state index contributed by atoms with van der Waals surface area (Å²) in [4.78, 5) is 14.7. The summed E-state index contributed by atoms with van der Waals surface area (Å²) in [5.74, 6) is 0.124. The molecule has 130 valence electrons. The smallest absolute Gasteiger partial charge is 0.269 e. The van der Waals surface area contributed by atoms with Crippen LogP contribution in [-0.4, -0.2) is 16.2 Å². The fourth-order valence-electron chi connectivity index (χ4n) is 2.34. The van der Waals surface area contributed by atoms with Crippen LogP contribution in [0.5, 0.6) is 5.75 Å². The topological polar surface area (TPSA) is 75.7 Å². The lowest BCUT2D eigenvalue weighted by atomic mass is 10.1. The van der Waals surface area contributed by atoms with Crippen molar-refractivity contribution in [3.05, 3.63) is 85.3 Å². The summed E-state index contributed by atoms with van der Waals surface area (Å²) in [5, 5.41) is 20.8. The first kappa shape index (κ1) is 18.3. The van der Waals surface area contributed by atoms with E-state index in [9.17, 15) is 15.2 Å². The molecule has 0 atom stereocenters. The molecule has 0 spiro atoms. The second kappa shape index (κ2) is 7.80. The summed E-state index contributed by atoms with van der Waals surface area (Å²) < 4.78 is 1.42. The molecule has 1 N–H and O–H groups in total. The van der Waals surface area contributed by atoms with Gasteiger partial charge in [0, 0.05) is 28.4 Å². The van der Waals surface area contributed by atoms with Crippen LogP contribution in [-0.2, 0) is 0 Å². The van der Waals surface area contributed by atoms with Crippen LogP contribution in [0.2, 0.25) is 0 Å². The number of halogens is 2. The Labute approximate surface area is 166 Å². The van der Waals surface area contributed by atoms with E-state index in [0.717, 1.165) is 21.3 Å². The molecular weight excluding hydrogens is 464 g/mol. The molecule has 7 heteroatoms. The van der Waals surface area contributed by atoms with Crippen molar-refractivity contribution in [1.29, 1.82) is 0 Å². The van der Waals surface area contributed by atoms with E-state index in [-0.39, 0.29) is 11.4 Å². The van der Waals surface area contributed by atoms with Gasteiger partial charge in [-0.15, -0.1) is 0 Å². The zero-order valence-electron chi connectivity index (χ0n) is 13.3. The number of phenolic OH excluding ortho intramolecular Hbond substituents is 1. The predicted molar refractivity (Wildman–Crippen MR) is 109 cm³/mol. The minimum Gasteiger partial charge on any atom is -0.506 e. The molecule has 0 saturated carbocycles. The third kappa shape index (κ3) is 4.17. The highest BCUT2D eigenvalue weighted by molar-refractivity contribution is 9.11. The molecule has 3 aromatic rings. The summed E-state index contributed by atoms with van der Waals surface area (Å²) in [6, 6.07) is 17.4. The number of non-ortho nitro benzene ring substituents is 1. The first-order valence-corrected chi connectivity index (χ1v) is 9.09. The Morgan fingerprint density at radius 2 is 1.54 bits per heavy atom. The average molecular weight is 476 g/mol. The lowest BCUT2D eigenvalue weighted by molar-refractivity contribution is -0.384. The third-order valence-electron chi connectivity index (χ3n) is 3.69. The van der Waals surface area contributed by atoms with E-state index < -0.39 is 4.92 Å². The zero-order chi connectivity index (χ0) is 18.7. The Morgan fingerprint density at radius 3 is 2.12 bits per heavy atom. The molecule has 0 aliphatic heterocycles. The van der Waals surface area contributed by atoms with Gasteiger partial charge in [-0.3, -0.25) is 15.1 Å². The molecule has 0 aromatic heterocycles. The van der Waals surface area contributed by atoms with Gasteiger partial charge in [0.15, 0.2) is 0 Å². The Hall–Kier alpha value is -2.51. The maximum atomic E-state index is 10.7. The predicted octanol–water partition coefficient (Wildman–Crippen LogP) is 6.24. The lowest BCUT2D eigenvalue weighted by Gasteiger charge is -2.04. The van der Waals surface area contributed by atoms with Crippen molar-refractivity contribution in [2.45, 2.75) is 0 Å². The number of nitrogens with zero attached hydrogens (tertiary/aromatic N) is 2. The highest BCUT2D eigenvalue weighted by Crippen LogP contribution is 2.31. The van der Waals surface area contributed by atoms with E-state index in [0.29, 0.717) is 10.0 Å². The molecule has 0 unspecified atom stereocenters. The molecule has 0 amide bonds. The van der Waals surface area contributed by atoms with E-state index in [1.54, 1.807) is 30.5 Å². The van der Waals surface area contributed by atoms with Gasteiger partial charge < -0.3 is 5.11 Å². The van der Waals surface area contributed by atoms with Gasteiger partial charge in [-0.2, -0.15) is 0 Å². The van der Waals surface area contributed by atoms with E-state index in [2.05, 4.69) is 36.9 Å². The SMILES string of the molecule is O=[N+]([O-])c1ccc(-c2ccc(N=Cc3cc(Br)cc(Br)c3O)cc2)cc1. The number of benzene rings is 3. The molecular formula is C19H12Br2N2O3. The molecule has 0 bridgehead atoms. The molecule has 5 nitrogen and oxygen atoms in total. The number of nitro groups is 1. The van der Waals surface area contributed by atoms with Gasteiger partial charge >= 0.3 is 0 Å². The van der Waals surface area contributed by atoms with E-state index >= 15 is 0 Å². The van der Waals surface area contributed by atoms with Crippen LogP contribution < -0.4 is 0 Å². The van der Waals surface area contributed by atoms with Crippen LogP contribution in [0.4, 0.5) is 11.4 Å². The standard InChI is InChI=1S/C19H12Br2N2O3/c20-15-9-14(19(24)18(21)10-15)11-22-16-5-1-12(2-6-16)13-3-7-17(8-4-13)23(25)26/h1-11,24H. The summed E-state index contributed by atoms with van der Waals surface area (Å²) in [7, 11) is 0. The average Bonchev–Trinajstić information content (AvgIpc) is 2.64. The van der Waals surface area contributed by atoms with Crippen molar-refractivity contribution < 1.29 is 10.0 Å². The second-order valence-electron chi connectivity index (χ2n) is 5.43. The van der Waals surface area contributed by atoms with Crippen molar-refractivity contribution in [1.82, 2.24) is 0 Å². The van der Waals surface area contributed by atoms with Crippen LogP contribution in [0, 0.1) is 10.1 Å².